The maximum absolute atomic E-state index is 10.4. The van der Waals surface area contributed by atoms with E-state index in [4.69, 9.17) is 5.11 Å². The van der Waals surface area contributed by atoms with E-state index in [0.717, 1.165) is 24.7 Å². The zero-order valence-electron chi connectivity index (χ0n) is 10.6. The van der Waals surface area contributed by atoms with E-state index < -0.39 is 5.97 Å². The molecule has 0 heterocycles. The molecule has 1 saturated carbocycles. The van der Waals surface area contributed by atoms with Gasteiger partial charge in [-0.25, -0.2) is 0 Å². The molecule has 1 fully saturated rings. The first-order chi connectivity index (χ1) is 7.74. The Morgan fingerprint density at radius 3 is 2.31 bits per heavy atom. The summed E-state index contributed by atoms with van der Waals surface area (Å²) in [6, 6.07) is 0. The van der Waals surface area contributed by atoms with E-state index >= 15 is 0 Å². The lowest BCUT2D eigenvalue weighted by molar-refractivity contribution is -0.137. The molecule has 1 rings (SSSR count). The van der Waals surface area contributed by atoms with Gasteiger partial charge < -0.3 is 5.11 Å². The van der Waals surface area contributed by atoms with Crippen molar-refractivity contribution < 1.29 is 9.90 Å². The van der Waals surface area contributed by atoms with E-state index in [0.29, 0.717) is 6.42 Å². The molecular formula is C14H26O2. The normalized spacial score (nSPS) is 23.3. The van der Waals surface area contributed by atoms with Gasteiger partial charge in [0.1, 0.15) is 0 Å². The molecule has 0 aromatic rings. The Balaban J connectivity index is 1.85. The first-order valence-corrected chi connectivity index (χ1v) is 6.95. The molecule has 1 aliphatic rings. The van der Waals surface area contributed by atoms with Gasteiger partial charge >= 0.3 is 5.97 Å². The smallest absolute Gasteiger partial charge is 0.303 e. The summed E-state index contributed by atoms with van der Waals surface area (Å²) >= 11 is 0. The van der Waals surface area contributed by atoms with Crippen LogP contribution in [0.2, 0.25) is 0 Å². The first-order valence-electron chi connectivity index (χ1n) is 6.95. The average molecular weight is 226 g/mol. The summed E-state index contributed by atoms with van der Waals surface area (Å²) in [6.07, 6.45) is 12.0. The second kappa shape index (κ2) is 7.70. The molecule has 2 unspecified atom stereocenters. The maximum atomic E-state index is 10.4. The van der Waals surface area contributed by atoms with E-state index in [2.05, 4.69) is 6.92 Å². The monoisotopic (exact) mass is 226 g/mol. The van der Waals surface area contributed by atoms with Crippen molar-refractivity contribution in [2.24, 2.45) is 11.8 Å². The van der Waals surface area contributed by atoms with Gasteiger partial charge in [0.15, 0.2) is 0 Å². The van der Waals surface area contributed by atoms with Gasteiger partial charge in [-0.2, -0.15) is 0 Å². The molecule has 0 spiro atoms. The summed E-state index contributed by atoms with van der Waals surface area (Å²) in [5.41, 5.74) is 0. The Morgan fingerprint density at radius 2 is 1.69 bits per heavy atom. The van der Waals surface area contributed by atoms with Crippen LogP contribution in [0.15, 0.2) is 0 Å². The van der Waals surface area contributed by atoms with Gasteiger partial charge in [-0.3, -0.25) is 4.79 Å². The molecule has 0 aliphatic heterocycles. The molecule has 0 saturated heterocycles. The van der Waals surface area contributed by atoms with Crippen LogP contribution in [0.4, 0.5) is 0 Å². The lowest BCUT2D eigenvalue weighted by Gasteiger charge is -2.00. The van der Waals surface area contributed by atoms with Crippen molar-refractivity contribution in [3.05, 3.63) is 0 Å². The number of carbonyl (C=O) groups is 1. The van der Waals surface area contributed by atoms with E-state index in [1.54, 1.807) is 0 Å². The Kier molecular flexibility index (Phi) is 6.51. The molecule has 16 heavy (non-hydrogen) atoms. The highest BCUT2D eigenvalue weighted by atomic mass is 16.4. The van der Waals surface area contributed by atoms with E-state index in [9.17, 15) is 4.79 Å². The predicted octanol–water partition coefficient (Wildman–Crippen LogP) is 4.24. The highest BCUT2D eigenvalue weighted by Gasteiger charge is 2.35. The van der Waals surface area contributed by atoms with Crippen molar-refractivity contribution in [3.8, 4) is 0 Å². The number of carboxylic acid groups (broad SMARTS) is 1. The second-order valence-electron chi connectivity index (χ2n) is 5.24. The molecule has 0 bridgehead atoms. The molecule has 2 heteroatoms. The predicted molar refractivity (Wildman–Crippen MR) is 66.5 cm³/mol. The van der Waals surface area contributed by atoms with Gasteiger partial charge in [-0.05, 0) is 31.1 Å². The molecule has 94 valence electrons. The number of hydrogen-bond donors (Lipinski definition) is 1. The molecule has 0 aromatic carbocycles. The molecule has 1 N–H and O–H groups in total. The van der Waals surface area contributed by atoms with Gasteiger partial charge in [0.25, 0.3) is 0 Å². The van der Waals surface area contributed by atoms with Gasteiger partial charge in [0, 0.05) is 6.42 Å². The van der Waals surface area contributed by atoms with Crippen molar-refractivity contribution in [1.82, 2.24) is 0 Å². The number of carboxylic acids is 1. The van der Waals surface area contributed by atoms with E-state index in [-0.39, 0.29) is 0 Å². The van der Waals surface area contributed by atoms with Crippen LogP contribution < -0.4 is 0 Å². The Morgan fingerprint density at radius 1 is 1.06 bits per heavy atom. The zero-order chi connectivity index (χ0) is 11.8. The third-order valence-electron chi connectivity index (χ3n) is 3.71. The molecular weight excluding hydrogens is 200 g/mol. The van der Waals surface area contributed by atoms with Crippen LogP contribution in [0.3, 0.4) is 0 Å². The fourth-order valence-electron chi connectivity index (χ4n) is 2.54. The van der Waals surface area contributed by atoms with Crippen LogP contribution in [0.5, 0.6) is 0 Å². The van der Waals surface area contributed by atoms with Gasteiger partial charge in [-0.15, -0.1) is 0 Å². The molecule has 1 aliphatic carbocycles. The van der Waals surface area contributed by atoms with Crippen LogP contribution >= 0.6 is 0 Å². The van der Waals surface area contributed by atoms with Crippen LogP contribution in [0.1, 0.15) is 71.1 Å². The lowest BCUT2D eigenvalue weighted by Crippen LogP contribution is -1.94. The van der Waals surface area contributed by atoms with Crippen molar-refractivity contribution in [1.29, 1.82) is 0 Å². The Labute approximate surface area is 99.4 Å². The lowest BCUT2D eigenvalue weighted by atomic mass is 10.1. The third kappa shape index (κ3) is 6.14. The first kappa shape index (κ1) is 13.5. The van der Waals surface area contributed by atoms with Crippen LogP contribution in [-0.2, 0) is 4.79 Å². The SMILES string of the molecule is CCCCCCCC1CC1CCCC(=O)O. The minimum Gasteiger partial charge on any atom is -0.481 e. The van der Waals surface area contributed by atoms with Crippen molar-refractivity contribution in [2.45, 2.75) is 71.1 Å². The number of aliphatic carboxylic acids is 1. The fraction of sp³-hybridized carbons (Fsp3) is 0.929. The third-order valence-corrected chi connectivity index (χ3v) is 3.71. The molecule has 2 atom stereocenters. The van der Waals surface area contributed by atoms with Gasteiger partial charge in [0.05, 0.1) is 0 Å². The molecule has 0 amide bonds. The summed E-state index contributed by atoms with van der Waals surface area (Å²) in [5, 5.41) is 8.54. The number of hydrogen-bond acceptors (Lipinski definition) is 1. The highest BCUT2D eigenvalue weighted by molar-refractivity contribution is 5.66. The highest BCUT2D eigenvalue weighted by Crippen LogP contribution is 2.45. The summed E-state index contributed by atoms with van der Waals surface area (Å²) in [5.74, 6) is 1.16. The Hall–Kier alpha value is -0.530. The van der Waals surface area contributed by atoms with E-state index in [1.165, 1.54) is 44.9 Å². The van der Waals surface area contributed by atoms with Crippen molar-refractivity contribution >= 4 is 5.97 Å². The second-order valence-corrected chi connectivity index (χ2v) is 5.24. The molecule has 0 aromatic heterocycles. The fourth-order valence-corrected chi connectivity index (χ4v) is 2.54. The number of unbranched alkanes of at least 4 members (excludes halogenated alkanes) is 4. The summed E-state index contributed by atoms with van der Waals surface area (Å²) in [6.45, 7) is 2.25. The average Bonchev–Trinajstić information content (AvgIpc) is 2.96. The van der Waals surface area contributed by atoms with Crippen LogP contribution in [0, 0.1) is 11.8 Å². The standard InChI is InChI=1S/C14H26O2/c1-2-3-4-5-6-8-12-11-13(12)9-7-10-14(15)16/h12-13H,2-11H2,1H3,(H,15,16). The Bertz CT molecular complexity index is 201. The summed E-state index contributed by atoms with van der Waals surface area (Å²) < 4.78 is 0. The van der Waals surface area contributed by atoms with Crippen molar-refractivity contribution in [3.63, 3.8) is 0 Å². The largest absolute Gasteiger partial charge is 0.481 e. The topological polar surface area (TPSA) is 37.3 Å². The number of rotatable bonds is 10. The zero-order valence-corrected chi connectivity index (χ0v) is 10.6. The molecule has 0 radical (unpaired) electrons. The van der Waals surface area contributed by atoms with E-state index in [1.807, 2.05) is 0 Å². The quantitative estimate of drug-likeness (QED) is 0.566. The van der Waals surface area contributed by atoms with Crippen LogP contribution in [0.25, 0.3) is 0 Å². The summed E-state index contributed by atoms with van der Waals surface area (Å²) in [7, 11) is 0. The maximum Gasteiger partial charge on any atom is 0.303 e. The van der Waals surface area contributed by atoms with Crippen LogP contribution in [-0.4, -0.2) is 11.1 Å². The summed E-state index contributed by atoms with van der Waals surface area (Å²) in [4.78, 5) is 10.4. The molecule has 2 nitrogen and oxygen atoms in total. The van der Waals surface area contributed by atoms with Crippen molar-refractivity contribution in [2.75, 3.05) is 0 Å². The minimum atomic E-state index is -0.642. The minimum absolute atomic E-state index is 0.361. The van der Waals surface area contributed by atoms with Gasteiger partial charge in [-0.1, -0.05) is 45.4 Å². The van der Waals surface area contributed by atoms with Gasteiger partial charge in [0.2, 0.25) is 0 Å².